The number of rotatable bonds is 9. The van der Waals surface area contributed by atoms with Crippen molar-refractivity contribution in [2.24, 2.45) is 0 Å². The standard InChI is InChI=1S/C19H23NO4/c1-23-19(22)18(12-15-8-4-2-5-9-15)20-13-16(21)14-24-17-10-6-3-7-11-17/h2-11,16,18,20-21H,12-14H2,1H3/t16?,18-/m0/s1. The number of ether oxygens (including phenoxy) is 2. The van der Waals surface area contributed by atoms with Gasteiger partial charge in [0.25, 0.3) is 0 Å². The van der Waals surface area contributed by atoms with Crippen molar-refractivity contribution in [1.29, 1.82) is 0 Å². The molecule has 2 atom stereocenters. The van der Waals surface area contributed by atoms with Crippen molar-refractivity contribution in [1.82, 2.24) is 5.32 Å². The molecule has 128 valence electrons. The fourth-order valence-corrected chi connectivity index (χ4v) is 2.28. The van der Waals surface area contributed by atoms with Gasteiger partial charge in [-0.25, -0.2) is 0 Å². The monoisotopic (exact) mass is 329 g/mol. The number of aliphatic hydroxyl groups excluding tert-OH is 1. The molecule has 24 heavy (non-hydrogen) atoms. The Morgan fingerprint density at radius 1 is 1.08 bits per heavy atom. The van der Waals surface area contributed by atoms with Gasteiger partial charge < -0.3 is 19.9 Å². The van der Waals surface area contributed by atoms with E-state index < -0.39 is 12.1 Å². The first-order valence-electron chi connectivity index (χ1n) is 7.90. The first kappa shape index (κ1) is 18.0. The molecule has 0 aromatic heterocycles. The van der Waals surface area contributed by atoms with Crippen molar-refractivity contribution >= 4 is 5.97 Å². The van der Waals surface area contributed by atoms with Crippen LogP contribution >= 0.6 is 0 Å². The van der Waals surface area contributed by atoms with Crippen LogP contribution in [-0.2, 0) is 16.0 Å². The van der Waals surface area contributed by atoms with E-state index in [0.717, 1.165) is 5.56 Å². The van der Waals surface area contributed by atoms with E-state index in [1.54, 1.807) is 0 Å². The molecule has 2 rings (SSSR count). The van der Waals surface area contributed by atoms with E-state index in [0.29, 0.717) is 12.2 Å². The van der Waals surface area contributed by atoms with E-state index in [4.69, 9.17) is 9.47 Å². The Labute approximate surface area is 142 Å². The van der Waals surface area contributed by atoms with Crippen LogP contribution in [0.25, 0.3) is 0 Å². The molecular weight excluding hydrogens is 306 g/mol. The highest BCUT2D eigenvalue weighted by molar-refractivity contribution is 5.76. The highest BCUT2D eigenvalue weighted by Gasteiger charge is 2.20. The highest BCUT2D eigenvalue weighted by Crippen LogP contribution is 2.09. The number of aliphatic hydroxyl groups is 1. The molecule has 5 heteroatoms. The Morgan fingerprint density at radius 2 is 1.71 bits per heavy atom. The minimum atomic E-state index is -0.729. The third-order valence-corrected chi connectivity index (χ3v) is 3.55. The van der Waals surface area contributed by atoms with Crippen molar-refractivity contribution in [3.8, 4) is 5.75 Å². The van der Waals surface area contributed by atoms with Crippen LogP contribution in [0.5, 0.6) is 5.75 Å². The number of esters is 1. The summed E-state index contributed by atoms with van der Waals surface area (Å²) >= 11 is 0. The topological polar surface area (TPSA) is 67.8 Å². The molecule has 5 nitrogen and oxygen atoms in total. The van der Waals surface area contributed by atoms with Gasteiger partial charge in [-0.1, -0.05) is 48.5 Å². The lowest BCUT2D eigenvalue weighted by molar-refractivity contribution is -0.143. The molecule has 0 aliphatic heterocycles. The van der Waals surface area contributed by atoms with Gasteiger partial charge in [-0.2, -0.15) is 0 Å². The molecule has 0 aliphatic carbocycles. The molecule has 0 aliphatic rings. The molecule has 0 heterocycles. The van der Waals surface area contributed by atoms with E-state index >= 15 is 0 Å². The van der Waals surface area contributed by atoms with Gasteiger partial charge >= 0.3 is 5.97 Å². The number of benzene rings is 2. The number of para-hydroxylation sites is 1. The molecule has 2 aromatic rings. The largest absolute Gasteiger partial charge is 0.491 e. The van der Waals surface area contributed by atoms with E-state index in [2.05, 4.69) is 5.32 Å². The Balaban J connectivity index is 1.82. The molecule has 0 fully saturated rings. The number of hydrogen-bond acceptors (Lipinski definition) is 5. The van der Waals surface area contributed by atoms with Gasteiger partial charge in [0.1, 0.15) is 24.5 Å². The molecule has 0 bridgehead atoms. The van der Waals surface area contributed by atoms with Crippen molar-refractivity contribution < 1.29 is 19.4 Å². The summed E-state index contributed by atoms with van der Waals surface area (Å²) in [4.78, 5) is 11.9. The summed E-state index contributed by atoms with van der Waals surface area (Å²) in [7, 11) is 1.36. The minimum Gasteiger partial charge on any atom is -0.491 e. The van der Waals surface area contributed by atoms with Crippen LogP contribution < -0.4 is 10.1 Å². The molecule has 2 N–H and O–H groups in total. The molecule has 0 saturated heterocycles. The van der Waals surface area contributed by atoms with Crippen LogP contribution in [0, 0.1) is 0 Å². The first-order valence-corrected chi connectivity index (χ1v) is 7.90. The van der Waals surface area contributed by atoms with E-state index in [1.165, 1.54) is 7.11 Å². The van der Waals surface area contributed by atoms with Crippen molar-refractivity contribution in [3.05, 3.63) is 66.2 Å². The minimum absolute atomic E-state index is 0.149. The molecule has 1 unspecified atom stereocenters. The van der Waals surface area contributed by atoms with Crippen molar-refractivity contribution in [3.63, 3.8) is 0 Å². The molecule has 0 amide bonds. The van der Waals surface area contributed by atoms with Crippen LogP contribution in [0.1, 0.15) is 5.56 Å². The van der Waals surface area contributed by atoms with Crippen LogP contribution in [0.3, 0.4) is 0 Å². The summed E-state index contributed by atoms with van der Waals surface area (Å²) in [5.74, 6) is 0.348. The quantitative estimate of drug-likeness (QED) is 0.687. The summed E-state index contributed by atoms with van der Waals surface area (Å²) in [5, 5.41) is 13.1. The third kappa shape index (κ3) is 6.02. The summed E-state index contributed by atoms with van der Waals surface area (Å²) in [6.45, 7) is 0.385. The summed E-state index contributed by atoms with van der Waals surface area (Å²) in [6, 6.07) is 18.4. The Hall–Kier alpha value is -2.37. The van der Waals surface area contributed by atoms with E-state index in [-0.39, 0.29) is 19.1 Å². The van der Waals surface area contributed by atoms with Crippen LogP contribution in [0.4, 0.5) is 0 Å². The maximum atomic E-state index is 11.9. The van der Waals surface area contributed by atoms with Gasteiger partial charge in [0.15, 0.2) is 0 Å². The number of nitrogens with one attached hydrogen (secondary N) is 1. The van der Waals surface area contributed by atoms with Crippen LogP contribution in [0.2, 0.25) is 0 Å². The molecule has 0 radical (unpaired) electrons. The highest BCUT2D eigenvalue weighted by atomic mass is 16.5. The van der Waals surface area contributed by atoms with Gasteiger partial charge in [0.05, 0.1) is 7.11 Å². The predicted molar refractivity (Wildman–Crippen MR) is 91.9 cm³/mol. The summed E-state index contributed by atoms with van der Waals surface area (Å²) in [6.07, 6.45) is -0.229. The fourth-order valence-electron chi connectivity index (χ4n) is 2.28. The Bertz CT molecular complexity index is 603. The first-order chi connectivity index (χ1) is 11.7. The van der Waals surface area contributed by atoms with E-state index in [1.807, 2.05) is 60.7 Å². The molecule has 2 aromatic carbocycles. The maximum absolute atomic E-state index is 11.9. The number of carbonyl (C=O) groups excluding carboxylic acids is 1. The van der Waals surface area contributed by atoms with Gasteiger partial charge in [0, 0.05) is 6.54 Å². The van der Waals surface area contributed by atoms with Crippen LogP contribution in [0.15, 0.2) is 60.7 Å². The van der Waals surface area contributed by atoms with E-state index in [9.17, 15) is 9.90 Å². The smallest absolute Gasteiger partial charge is 0.323 e. The average Bonchev–Trinajstić information content (AvgIpc) is 2.64. The normalized spacial score (nSPS) is 13.1. The lowest BCUT2D eigenvalue weighted by atomic mass is 10.1. The van der Waals surface area contributed by atoms with Gasteiger partial charge in [0.2, 0.25) is 0 Å². The molecular formula is C19H23NO4. The van der Waals surface area contributed by atoms with Gasteiger partial charge in [-0.05, 0) is 24.1 Å². The number of carbonyl (C=O) groups is 1. The summed E-state index contributed by atoms with van der Waals surface area (Å²) < 4.78 is 10.3. The summed E-state index contributed by atoms with van der Waals surface area (Å²) in [5.41, 5.74) is 1.02. The second-order valence-corrected chi connectivity index (χ2v) is 5.45. The lowest BCUT2D eigenvalue weighted by Crippen LogP contribution is -2.44. The Kier molecular flexibility index (Phi) is 7.26. The van der Waals surface area contributed by atoms with Crippen molar-refractivity contribution in [2.75, 3.05) is 20.3 Å². The molecule has 0 saturated carbocycles. The van der Waals surface area contributed by atoms with Crippen molar-refractivity contribution in [2.45, 2.75) is 18.6 Å². The SMILES string of the molecule is COC(=O)[C@H](Cc1ccccc1)NCC(O)COc1ccccc1. The predicted octanol–water partition coefficient (Wildman–Crippen LogP) is 1.80. The average molecular weight is 329 g/mol. The zero-order valence-corrected chi connectivity index (χ0v) is 13.7. The lowest BCUT2D eigenvalue weighted by Gasteiger charge is -2.19. The second kappa shape index (κ2) is 9.70. The molecule has 0 spiro atoms. The third-order valence-electron chi connectivity index (χ3n) is 3.55. The van der Waals surface area contributed by atoms with Gasteiger partial charge in [-0.3, -0.25) is 4.79 Å². The number of hydrogen-bond donors (Lipinski definition) is 2. The Morgan fingerprint density at radius 3 is 2.33 bits per heavy atom. The fraction of sp³-hybridized carbons (Fsp3) is 0.316. The maximum Gasteiger partial charge on any atom is 0.323 e. The zero-order chi connectivity index (χ0) is 17.2. The second-order valence-electron chi connectivity index (χ2n) is 5.45. The van der Waals surface area contributed by atoms with Crippen LogP contribution in [-0.4, -0.2) is 43.5 Å². The zero-order valence-electron chi connectivity index (χ0n) is 13.7. The van der Waals surface area contributed by atoms with Gasteiger partial charge in [-0.15, -0.1) is 0 Å². The number of methoxy groups -OCH3 is 1.